The summed E-state index contributed by atoms with van der Waals surface area (Å²) in [5.74, 6) is 0.0997. The smallest absolute Gasteiger partial charge is 0.130 e. The number of allylic oxidation sites excluding steroid dienone is 2. The van der Waals surface area contributed by atoms with Crippen LogP contribution in [0, 0.1) is 11.3 Å². The van der Waals surface area contributed by atoms with Crippen LogP contribution in [0.1, 0.15) is 46.5 Å². The van der Waals surface area contributed by atoms with Crippen molar-refractivity contribution in [2.45, 2.75) is 46.5 Å². The zero-order valence-electron chi connectivity index (χ0n) is 9.34. The van der Waals surface area contributed by atoms with Crippen LogP contribution < -0.4 is 0 Å². The zero-order valence-corrected chi connectivity index (χ0v) is 9.34. The van der Waals surface area contributed by atoms with Crippen LogP contribution in [0.25, 0.3) is 0 Å². The standard InChI is InChI=1S/C12H20O2/c1-4-12(2,3)10-7-5-6-9(8-13)11(10)14/h8-9,14H,4-7H2,1-3H3. The normalized spacial score (nSPS) is 23.8. The van der Waals surface area contributed by atoms with E-state index in [0.717, 1.165) is 37.5 Å². The Morgan fingerprint density at radius 2 is 2.21 bits per heavy atom. The van der Waals surface area contributed by atoms with Crippen molar-refractivity contribution in [2.75, 3.05) is 0 Å². The maximum Gasteiger partial charge on any atom is 0.130 e. The van der Waals surface area contributed by atoms with Crippen molar-refractivity contribution < 1.29 is 9.90 Å². The molecule has 0 spiro atoms. The Hall–Kier alpha value is -0.790. The van der Waals surface area contributed by atoms with E-state index in [1.165, 1.54) is 0 Å². The van der Waals surface area contributed by atoms with Gasteiger partial charge in [0.15, 0.2) is 0 Å². The summed E-state index contributed by atoms with van der Waals surface area (Å²) < 4.78 is 0. The van der Waals surface area contributed by atoms with E-state index in [1.54, 1.807) is 0 Å². The number of aliphatic hydroxyl groups excluding tert-OH is 1. The van der Waals surface area contributed by atoms with E-state index in [0.29, 0.717) is 5.76 Å². The van der Waals surface area contributed by atoms with Crippen LogP contribution in [0.5, 0.6) is 0 Å². The van der Waals surface area contributed by atoms with E-state index in [4.69, 9.17) is 0 Å². The first kappa shape index (κ1) is 11.3. The van der Waals surface area contributed by atoms with Crippen LogP contribution in [0.3, 0.4) is 0 Å². The number of carbonyl (C=O) groups is 1. The molecule has 1 atom stereocenters. The molecule has 0 bridgehead atoms. The molecule has 0 heterocycles. The molecule has 14 heavy (non-hydrogen) atoms. The zero-order chi connectivity index (χ0) is 10.8. The molecule has 0 amide bonds. The molecular formula is C12H20O2. The summed E-state index contributed by atoms with van der Waals surface area (Å²) in [6.07, 6.45) is 4.64. The second-order valence-corrected chi connectivity index (χ2v) is 4.74. The lowest BCUT2D eigenvalue weighted by Gasteiger charge is -2.32. The molecule has 1 N–H and O–H groups in total. The molecule has 0 fully saturated rings. The van der Waals surface area contributed by atoms with Crippen molar-refractivity contribution in [3.05, 3.63) is 11.3 Å². The largest absolute Gasteiger partial charge is 0.512 e. The van der Waals surface area contributed by atoms with Crippen molar-refractivity contribution in [1.82, 2.24) is 0 Å². The fourth-order valence-corrected chi connectivity index (χ4v) is 2.02. The third-order valence-electron chi connectivity index (χ3n) is 3.47. The second kappa shape index (κ2) is 4.16. The molecule has 0 aromatic rings. The lowest BCUT2D eigenvalue weighted by Crippen LogP contribution is -2.23. The third-order valence-corrected chi connectivity index (χ3v) is 3.47. The summed E-state index contributed by atoms with van der Waals surface area (Å²) in [5, 5.41) is 9.94. The molecule has 1 unspecified atom stereocenters. The van der Waals surface area contributed by atoms with E-state index >= 15 is 0 Å². The lowest BCUT2D eigenvalue weighted by atomic mass is 9.74. The Morgan fingerprint density at radius 1 is 1.57 bits per heavy atom. The first-order valence-corrected chi connectivity index (χ1v) is 5.40. The molecular weight excluding hydrogens is 176 g/mol. The van der Waals surface area contributed by atoms with Gasteiger partial charge in [-0.25, -0.2) is 0 Å². The maximum absolute atomic E-state index is 10.7. The molecule has 1 aliphatic rings. The van der Waals surface area contributed by atoms with Crippen LogP contribution in [0.15, 0.2) is 11.3 Å². The summed E-state index contributed by atoms with van der Waals surface area (Å²) in [6.45, 7) is 6.38. The Balaban J connectivity index is 3.00. The summed E-state index contributed by atoms with van der Waals surface area (Å²) in [7, 11) is 0. The van der Waals surface area contributed by atoms with E-state index in [9.17, 15) is 9.90 Å². The molecule has 0 aliphatic heterocycles. The highest BCUT2D eigenvalue weighted by atomic mass is 16.3. The molecule has 1 aliphatic carbocycles. The molecule has 0 saturated carbocycles. The number of carbonyl (C=O) groups excluding carboxylic acids is 1. The van der Waals surface area contributed by atoms with Crippen molar-refractivity contribution in [3.63, 3.8) is 0 Å². The molecule has 0 aromatic heterocycles. The Kier molecular flexibility index (Phi) is 3.35. The van der Waals surface area contributed by atoms with Gasteiger partial charge in [0.2, 0.25) is 0 Å². The van der Waals surface area contributed by atoms with E-state index in [1.807, 2.05) is 0 Å². The van der Waals surface area contributed by atoms with Gasteiger partial charge in [-0.1, -0.05) is 20.8 Å². The number of aliphatic hydroxyl groups is 1. The van der Waals surface area contributed by atoms with Gasteiger partial charge in [-0.2, -0.15) is 0 Å². The Morgan fingerprint density at radius 3 is 2.71 bits per heavy atom. The monoisotopic (exact) mass is 196 g/mol. The van der Waals surface area contributed by atoms with Crippen molar-refractivity contribution in [1.29, 1.82) is 0 Å². The molecule has 0 saturated heterocycles. The molecule has 1 rings (SSSR count). The first-order chi connectivity index (χ1) is 6.53. The fourth-order valence-electron chi connectivity index (χ4n) is 2.02. The highest BCUT2D eigenvalue weighted by Gasteiger charge is 2.30. The second-order valence-electron chi connectivity index (χ2n) is 4.74. The lowest BCUT2D eigenvalue weighted by molar-refractivity contribution is -0.111. The number of hydrogen-bond acceptors (Lipinski definition) is 2. The van der Waals surface area contributed by atoms with E-state index in [-0.39, 0.29) is 11.3 Å². The Bertz CT molecular complexity index is 251. The number of rotatable bonds is 3. The van der Waals surface area contributed by atoms with Crippen LogP contribution in [0.2, 0.25) is 0 Å². The Labute approximate surface area is 86.0 Å². The minimum Gasteiger partial charge on any atom is -0.512 e. The minimum absolute atomic E-state index is 0.0335. The average molecular weight is 196 g/mol. The van der Waals surface area contributed by atoms with Crippen molar-refractivity contribution >= 4 is 6.29 Å². The van der Waals surface area contributed by atoms with E-state index < -0.39 is 0 Å². The predicted octanol–water partition coefficient (Wildman–Crippen LogP) is 3.23. The summed E-state index contributed by atoms with van der Waals surface area (Å²) in [5.41, 5.74) is 1.12. The van der Waals surface area contributed by atoms with E-state index in [2.05, 4.69) is 20.8 Å². The third kappa shape index (κ3) is 1.99. The van der Waals surface area contributed by atoms with Gasteiger partial charge < -0.3 is 9.90 Å². The number of hydrogen-bond donors (Lipinski definition) is 1. The molecule has 2 heteroatoms. The van der Waals surface area contributed by atoms with Crippen molar-refractivity contribution in [3.8, 4) is 0 Å². The molecule has 0 radical (unpaired) electrons. The average Bonchev–Trinajstić information content (AvgIpc) is 2.18. The topological polar surface area (TPSA) is 37.3 Å². The molecule has 2 nitrogen and oxygen atoms in total. The summed E-state index contributed by atoms with van der Waals surface area (Å²) in [4.78, 5) is 10.7. The minimum atomic E-state index is -0.246. The van der Waals surface area contributed by atoms with Crippen molar-refractivity contribution in [2.24, 2.45) is 11.3 Å². The van der Waals surface area contributed by atoms with Gasteiger partial charge in [0.25, 0.3) is 0 Å². The van der Waals surface area contributed by atoms with Gasteiger partial charge >= 0.3 is 0 Å². The predicted molar refractivity (Wildman–Crippen MR) is 57.1 cm³/mol. The van der Waals surface area contributed by atoms with Gasteiger partial charge in [-0.15, -0.1) is 0 Å². The molecule has 80 valence electrons. The van der Waals surface area contributed by atoms with Crippen LogP contribution in [-0.4, -0.2) is 11.4 Å². The first-order valence-electron chi connectivity index (χ1n) is 5.40. The maximum atomic E-state index is 10.7. The fraction of sp³-hybridized carbons (Fsp3) is 0.750. The summed E-state index contributed by atoms with van der Waals surface area (Å²) >= 11 is 0. The van der Waals surface area contributed by atoms with Gasteiger partial charge in [0.05, 0.1) is 5.92 Å². The van der Waals surface area contributed by atoms with Crippen LogP contribution >= 0.6 is 0 Å². The van der Waals surface area contributed by atoms with Gasteiger partial charge in [-0.05, 0) is 36.7 Å². The van der Waals surface area contributed by atoms with Crippen LogP contribution in [0.4, 0.5) is 0 Å². The summed E-state index contributed by atoms with van der Waals surface area (Å²) in [6, 6.07) is 0. The van der Waals surface area contributed by atoms with Gasteiger partial charge in [-0.3, -0.25) is 0 Å². The van der Waals surface area contributed by atoms with Crippen LogP contribution in [-0.2, 0) is 4.79 Å². The number of aldehydes is 1. The highest BCUT2D eigenvalue weighted by molar-refractivity contribution is 5.59. The highest BCUT2D eigenvalue weighted by Crippen LogP contribution is 2.40. The molecule has 0 aromatic carbocycles. The van der Waals surface area contributed by atoms with Gasteiger partial charge in [0, 0.05) is 0 Å². The quantitative estimate of drug-likeness (QED) is 0.703. The SMILES string of the molecule is CCC(C)(C)C1=C(O)C(C=O)CCC1. The van der Waals surface area contributed by atoms with Gasteiger partial charge in [0.1, 0.15) is 12.0 Å².